The molecule has 108 valence electrons. The molecule has 4 atom stereocenters. The summed E-state index contributed by atoms with van der Waals surface area (Å²) in [6, 6.07) is 9.64. The number of hydrogen-bond donors (Lipinski definition) is 1. The highest BCUT2D eigenvalue weighted by Gasteiger charge is 2.43. The van der Waals surface area contributed by atoms with Crippen molar-refractivity contribution in [1.29, 1.82) is 0 Å². The number of amides is 1. The highest BCUT2D eigenvalue weighted by Crippen LogP contribution is 2.35. The number of aliphatic hydroxyl groups is 1. The van der Waals surface area contributed by atoms with E-state index in [1.807, 2.05) is 30.3 Å². The fourth-order valence-electron chi connectivity index (χ4n) is 3.35. The molecular formula is C16H21NO3. The third-order valence-electron chi connectivity index (χ3n) is 4.50. The first-order valence-electron chi connectivity index (χ1n) is 7.33. The van der Waals surface area contributed by atoms with E-state index in [1.54, 1.807) is 11.9 Å². The van der Waals surface area contributed by atoms with Crippen LogP contribution in [0.3, 0.4) is 0 Å². The van der Waals surface area contributed by atoms with Gasteiger partial charge in [-0.3, -0.25) is 4.79 Å². The van der Waals surface area contributed by atoms with Gasteiger partial charge >= 0.3 is 0 Å². The average molecular weight is 275 g/mol. The lowest BCUT2D eigenvalue weighted by Crippen LogP contribution is -2.46. The summed E-state index contributed by atoms with van der Waals surface area (Å²) in [4.78, 5) is 14.1. The molecule has 2 fully saturated rings. The van der Waals surface area contributed by atoms with E-state index in [9.17, 15) is 9.90 Å². The number of rotatable bonds is 1. The van der Waals surface area contributed by atoms with Gasteiger partial charge in [-0.2, -0.15) is 0 Å². The molecule has 0 aromatic heterocycles. The first kappa shape index (κ1) is 13.6. The van der Waals surface area contributed by atoms with Gasteiger partial charge in [-0.05, 0) is 18.4 Å². The van der Waals surface area contributed by atoms with E-state index in [4.69, 9.17) is 4.74 Å². The van der Waals surface area contributed by atoms with Crippen LogP contribution in [0.4, 0.5) is 0 Å². The molecule has 0 radical (unpaired) electrons. The van der Waals surface area contributed by atoms with Crippen molar-refractivity contribution in [1.82, 2.24) is 4.90 Å². The molecule has 1 saturated carbocycles. The molecule has 1 aromatic carbocycles. The van der Waals surface area contributed by atoms with Gasteiger partial charge in [-0.15, -0.1) is 0 Å². The number of ether oxygens (including phenoxy) is 1. The van der Waals surface area contributed by atoms with Gasteiger partial charge in [-0.1, -0.05) is 43.2 Å². The van der Waals surface area contributed by atoms with Crippen LogP contribution in [-0.4, -0.2) is 41.2 Å². The number of hydrogen-bond acceptors (Lipinski definition) is 3. The van der Waals surface area contributed by atoms with Crippen molar-refractivity contribution in [3.63, 3.8) is 0 Å². The Balaban J connectivity index is 1.93. The third-order valence-corrected chi connectivity index (χ3v) is 4.50. The van der Waals surface area contributed by atoms with Crippen LogP contribution >= 0.6 is 0 Å². The molecule has 1 heterocycles. The molecule has 0 bridgehead atoms. The van der Waals surface area contributed by atoms with Crippen LogP contribution in [0.2, 0.25) is 0 Å². The fourth-order valence-corrected chi connectivity index (χ4v) is 3.35. The lowest BCUT2D eigenvalue weighted by Gasteiger charge is -2.35. The van der Waals surface area contributed by atoms with Gasteiger partial charge in [0, 0.05) is 7.05 Å². The maximum Gasteiger partial charge on any atom is 0.254 e. The monoisotopic (exact) mass is 275 g/mol. The number of carbonyl (C=O) groups is 1. The smallest absolute Gasteiger partial charge is 0.254 e. The zero-order valence-corrected chi connectivity index (χ0v) is 11.7. The fraction of sp³-hybridized carbons (Fsp3) is 0.562. The second kappa shape index (κ2) is 5.54. The maximum atomic E-state index is 12.4. The second-order valence-corrected chi connectivity index (χ2v) is 5.75. The van der Waals surface area contributed by atoms with Gasteiger partial charge in [0.15, 0.2) is 6.10 Å². The Morgan fingerprint density at radius 1 is 1.20 bits per heavy atom. The highest BCUT2D eigenvalue weighted by molar-refractivity contribution is 5.82. The zero-order valence-electron chi connectivity index (χ0n) is 11.7. The van der Waals surface area contributed by atoms with E-state index in [0.29, 0.717) is 0 Å². The van der Waals surface area contributed by atoms with Crippen LogP contribution in [-0.2, 0) is 9.53 Å². The largest absolute Gasteiger partial charge is 0.380 e. The Hall–Kier alpha value is -1.39. The van der Waals surface area contributed by atoms with Crippen molar-refractivity contribution < 1.29 is 14.6 Å². The quantitative estimate of drug-likeness (QED) is 0.851. The molecule has 1 aromatic rings. The average Bonchev–Trinajstić information content (AvgIpc) is 2.60. The van der Waals surface area contributed by atoms with Gasteiger partial charge < -0.3 is 14.7 Å². The van der Waals surface area contributed by atoms with E-state index in [-0.39, 0.29) is 18.1 Å². The van der Waals surface area contributed by atoms with Crippen molar-refractivity contribution in [3.05, 3.63) is 35.9 Å². The van der Waals surface area contributed by atoms with Crippen LogP contribution in [0.15, 0.2) is 30.3 Å². The minimum Gasteiger partial charge on any atom is -0.380 e. The Labute approximate surface area is 119 Å². The molecule has 0 unspecified atom stereocenters. The highest BCUT2D eigenvalue weighted by atomic mass is 16.5. The number of nitrogens with zero attached hydrogens (tertiary/aromatic N) is 1. The molecule has 1 aliphatic heterocycles. The number of likely N-dealkylation sites (N-methyl/N-ethyl adjacent to an activating group) is 1. The molecule has 1 amide bonds. The third kappa shape index (κ3) is 2.34. The second-order valence-electron chi connectivity index (χ2n) is 5.75. The zero-order chi connectivity index (χ0) is 14.1. The number of carbonyl (C=O) groups excluding carboxylic acids is 1. The lowest BCUT2D eigenvalue weighted by atomic mass is 9.91. The normalized spacial score (nSPS) is 34.5. The molecule has 1 aliphatic carbocycles. The molecule has 3 rings (SSSR count). The summed E-state index contributed by atoms with van der Waals surface area (Å²) in [5.74, 6) is -0.228. The molecule has 4 heteroatoms. The Morgan fingerprint density at radius 3 is 2.65 bits per heavy atom. The Morgan fingerprint density at radius 2 is 1.90 bits per heavy atom. The molecule has 0 spiro atoms. The van der Waals surface area contributed by atoms with Crippen LogP contribution in [0.25, 0.3) is 0 Å². The molecular weight excluding hydrogens is 254 g/mol. The topological polar surface area (TPSA) is 49.8 Å². The van der Waals surface area contributed by atoms with Gasteiger partial charge in [0.25, 0.3) is 5.91 Å². The minimum atomic E-state index is -1.12. The van der Waals surface area contributed by atoms with Crippen LogP contribution in [0.1, 0.15) is 37.4 Å². The van der Waals surface area contributed by atoms with Crippen molar-refractivity contribution >= 4 is 5.91 Å². The summed E-state index contributed by atoms with van der Waals surface area (Å²) in [5, 5.41) is 10.4. The molecule has 20 heavy (non-hydrogen) atoms. The number of fused-ring (bicyclic) bond motifs is 1. The summed E-state index contributed by atoms with van der Waals surface area (Å²) in [5.41, 5.74) is 0.868. The molecule has 4 nitrogen and oxygen atoms in total. The van der Waals surface area contributed by atoms with Crippen LogP contribution < -0.4 is 0 Å². The van der Waals surface area contributed by atoms with Crippen molar-refractivity contribution in [2.75, 3.05) is 7.05 Å². The summed E-state index contributed by atoms with van der Waals surface area (Å²) in [6.07, 6.45) is 2.52. The first-order valence-corrected chi connectivity index (χ1v) is 7.33. The summed E-state index contributed by atoms with van der Waals surface area (Å²) in [7, 11) is 1.78. The van der Waals surface area contributed by atoms with Gasteiger partial charge in [0.2, 0.25) is 0 Å². The maximum absolute atomic E-state index is 12.4. The van der Waals surface area contributed by atoms with Crippen molar-refractivity contribution in [2.45, 2.75) is 50.0 Å². The minimum absolute atomic E-state index is 0.0278. The van der Waals surface area contributed by atoms with Crippen LogP contribution in [0.5, 0.6) is 0 Å². The van der Waals surface area contributed by atoms with Crippen molar-refractivity contribution in [2.24, 2.45) is 0 Å². The van der Waals surface area contributed by atoms with E-state index in [1.165, 1.54) is 0 Å². The van der Waals surface area contributed by atoms with Gasteiger partial charge in [0.05, 0.1) is 12.1 Å². The standard InChI is InChI=1S/C16H21NO3/c1-17-12-9-5-6-10-13(12)20-15(14(18)16(17)19)11-7-3-2-4-8-11/h2-4,7-8,12-15,18H,5-6,9-10H2,1H3/t12-,13-,14+,15+/m0/s1. The summed E-state index contributed by atoms with van der Waals surface area (Å²) in [6.45, 7) is 0. The van der Waals surface area contributed by atoms with E-state index < -0.39 is 12.2 Å². The van der Waals surface area contributed by atoms with E-state index >= 15 is 0 Å². The van der Waals surface area contributed by atoms with Crippen molar-refractivity contribution in [3.8, 4) is 0 Å². The van der Waals surface area contributed by atoms with E-state index in [0.717, 1.165) is 31.2 Å². The SMILES string of the molecule is CN1C(=O)[C@H](O)[C@@H](c2ccccc2)O[C@H]2CCCC[C@@H]21. The Kier molecular flexibility index (Phi) is 3.76. The number of benzene rings is 1. The van der Waals surface area contributed by atoms with Crippen LogP contribution in [0, 0.1) is 0 Å². The molecule has 2 aliphatic rings. The van der Waals surface area contributed by atoms with Gasteiger partial charge in [0.1, 0.15) is 6.10 Å². The van der Waals surface area contributed by atoms with E-state index in [2.05, 4.69) is 0 Å². The first-order chi connectivity index (χ1) is 9.68. The summed E-state index contributed by atoms with van der Waals surface area (Å²) < 4.78 is 6.14. The molecule has 1 saturated heterocycles. The summed E-state index contributed by atoms with van der Waals surface area (Å²) >= 11 is 0. The Bertz CT molecular complexity index is 476. The van der Waals surface area contributed by atoms with Gasteiger partial charge in [-0.25, -0.2) is 0 Å². The predicted molar refractivity (Wildman–Crippen MR) is 75.1 cm³/mol. The molecule has 1 N–H and O–H groups in total. The number of aliphatic hydroxyl groups excluding tert-OH is 1. The lowest BCUT2D eigenvalue weighted by molar-refractivity contribution is -0.143. The predicted octanol–water partition coefficient (Wildman–Crippen LogP) is 1.89.